The zero-order valence-electron chi connectivity index (χ0n) is 11.2. The van der Waals surface area contributed by atoms with Crippen molar-refractivity contribution in [3.8, 4) is 5.75 Å². The molecule has 1 aromatic carbocycles. The molecule has 0 saturated carbocycles. The maximum absolute atomic E-state index is 10.4. The molecule has 4 heteroatoms. The fourth-order valence-corrected chi connectivity index (χ4v) is 3.66. The average Bonchev–Trinajstić information content (AvgIpc) is 2.28. The highest BCUT2D eigenvalue weighted by Crippen LogP contribution is 2.46. The van der Waals surface area contributed by atoms with Gasteiger partial charge in [0.2, 0.25) is 0 Å². The summed E-state index contributed by atoms with van der Waals surface area (Å²) in [6.07, 6.45) is 2.04. The molecule has 2 heterocycles. The molecule has 1 saturated heterocycles. The molecule has 3 atom stereocenters. The molecule has 1 fully saturated rings. The van der Waals surface area contributed by atoms with Crippen LogP contribution in [0.2, 0.25) is 5.02 Å². The highest BCUT2D eigenvalue weighted by Gasteiger charge is 2.45. The van der Waals surface area contributed by atoms with E-state index in [0.29, 0.717) is 11.4 Å². The number of hydrogen-bond donors (Lipinski definition) is 1. The van der Waals surface area contributed by atoms with Crippen molar-refractivity contribution in [1.82, 2.24) is 0 Å². The van der Waals surface area contributed by atoms with E-state index in [4.69, 9.17) is 21.1 Å². The molecule has 1 spiro atoms. The Morgan fingerprint density at radius 2 is 1.89 bits per heavy atom. The highest BCUT2D eigenvalue weighted by atomic mass is 35.5. The van der Waals surface area contributed by atoms with Gasteiger partial charge in [-0.25, -0.2) is 0 Å². The van der Waals surface area contributed by atoms with Crippen LogP contribution < -0.4 is 4.74 Å². The maximum Gasteiger partial charge on any atom is 0.126 e. The van der Waals surface area contributed by atoms with Gasteiger partial charge < -0.3 is 14.6 Å². The summed E-state index contributed by atoms with van der Waals surface area (Å²) in [5.41, 5.74) is 0.488. The quantitative estimate of drug-likeness (QED) is 0.792. The number of benzene rings is 1. The summed E-state index contributed by atoms with van der Waals surface area (Å²) >= 11 is 5.98. The van der Waals surface area contributed by atoms with Crippen molar-refractivity contribution in [2.75, 3.05) is 0 Å². The van der Waals surface area contributed by atoms with Crippen molar-refractivity contribution in [2.45, 2.75) is 57.0 Å². The lowest BCUT2D eigenvalue weighted by molar-refractivity contribution is -0.140. The van der Waals surface area contributed by atoms with Crippen LogP contribution in [-0.4, -0.2) is 22.9 Å². The molecular formula is C15H19ClO3. The number of hydrogen-bond acceptors (Lipinski definition) is 3. The van der Waals surface area contributed by atoms with Crippen molar-refractivity contribution in [3.05, 3.63) is 28.8 Å². The molecule has 2 aliphatic rings. The molecule has 0 bridgehead atoms. The van der Waals surface area contributed by atoms with Gasteiger partial charge in [0.25, 0.3) is 0 Å². The summed E-state index contributed by atoms with van der Waals surface area (Å²) in [6.45, 7) is 4.12. The summed E-state index contributed by atoms with van der Waals surface area (Å²) < 4.78 is 12.0. The number of ether oxygens (including phenoxy) is 2. The van der Waals surface area contributed by atoms with Crippen LogP contribution >= 0.6 is 11.6 Å². The van der Waals surface area contributed by atoms with Crippen molar-refractivity contribution in [3.63, 3.8) is 0 Å². The molecule has 0 radical (unpaired) electrons. The van der Waals surface area contributed by atoms with E-state index in [1.165, 1.54) is 0 Å². The molecule has 1 aromatic rings. The Labute approximate surface area is 118 Å². The molecule has 2 aliphatic heterocycles. The second-order valence-electron chi connectivity index (χ2n) is 5.85. The minimum Gasteiger partial charge on any atom is -0.487 e. The summed E-state index contributed by atoms with van der Waals surface area (Å²) in [5.74, 6) is 0.754. The van der Waals surface area contributed by atoms with Crippen molar-refractivity contribution >= 4 is 11.6 Å². The molecule has 3 rings (SSSR count). The fraction of sp³-hybridized carbons (Fsp3) is 0.600. The lowest BCUT2D eigenvalue weighted by Crippen LogP contribution is -2.50. The Hall–Kier alpha value is -0.770. The van der Waals surface area contributed by atoms with E-state index in [9.17, 15) is 5.11 Å². The van der Waals surface area contributed by atoms with E-state index in [1.807, 2.05) is 6.07 Å². The van der Waals surface area contributed by atoms with Gasteiger partial charge in [-0.05, 0) is 32.0 Å². The van der Waals surface area contributed by atoms with Crippen LogP contribution in [0.15, 0.2) is 18.2 Å². The lowest BCUT2D eigenvalue weighted by atomic mass is 9.79. The molecular weight excluding hydrogens is 264 g/mol. The van der Waals surface area contributed by atoms with Gasteiger partial charge in [0.1, 0.15) is 11.4 Å². The van der Waals surface area contributed by atoms with Crippen molar-refractivity contribution < 1.29 is 14.6 Å². The first-order chi connectivity index (χ1) is 8.97. The summed E-state index contributed by atoms with van der Waals surface area (Å²) in [5, 5.41) is 11.0. The van der Waals surface area contributed by atoms with Crippen molar-refractivity contribution in [2.24, 2.45) is 0 Å². The van der Waals surface area contributed by atoms with Gasteiger partial charge in [-0.1, -0.05) is 11.6 Å². The van der Waals surface area contributed by atoms with Gasteiger partial charge in [0.15, 0.2) is 0 Å². The number of aliphatic hydroxyl groups excluding tert-OH is 1. The predicted octanol–water partition coefficient (Wildman–Crippen LogP) is 3.48. The predicted molar refractivity (Wildman–Crippen MR) is 73.6 cm³/mol. The second-order valence-corrected chi connectivity index (χ2v) is 6.29. The van der Waals surface area contributed by atoms with Gasteiger partial charge >= 0.3 is 0 Å². The molecule has 1 N–H and O–H groups in total. The van der Waals surface area contributed by atoms with Crippen LogP contribution in [0.4, 0.5) is 0 Å². The maximum atomic E-state index is 10.4. The van der Waals surface area contributed by atoms with E-state index >= 15 is 0 Å². The number of fused-ring (bicyclic) bond motifs is 1. The third-order valence-corrected chi connectivity index (χ3v) is 4.24. The number of rotatable bonds is 0. The van der Waals surface area contributed by atoms with Crippen LogP contribution in [0.5, 0.6) is 5.75 Å². The molecule has 2 unspecified atom stereocenters. The van der Waals surface area contributed by atoms with E-state index in [2.05, 4.69) is 13.8 Å². The standard InChI is InChI=1S/C15H19ClO3/c1-9-6-15(7-10(2)18-9)8-13(17)12-5-11(16)3-4-14(12)19-15/h3-5,9-10,13,17H,6-8H2,1-2H3/t9?,10?,13-,15?/m0/s1. The Balaban J connectivity index is 1.94. The zero-order chi connectivity index (χ0) is 13.6. The Morgan fingerprint density at radius 1 is 1.21 bits per heavy atom. The molecule has 19 heavy (non-hydrogen) atoms. The lowest BCUT2D eigenvalue weighted by Gasteiger charge is -2.46. The fourth-order valence-electron chi connectivity index (χ4n) is 3.48. The number of aliphatic hydroxyl groups is 1. The van der Waals surface area contributed by atoms with E-state index in [1.54, 1.807) is 12.1 Å². The normalized spacial score (nSPS) is 37.8. The van der Waals surface area contributed by atoms with E-state index < -0.39 is 6.10 Å². The summed E-state index contributed by atoms with van der Waals surface area (Å²) in [6, 6.07) is 5.45. The van der Waals surface area contributed by atoms with Gasteiger partial charge in [-0.15, -0.1) is 0 Å². The molecule has 0 aromatic heterocycles. The van der Waals surface area contributed by atoms with Gasteiger partial charge in [-0.3, -0.25) is 0 Å². The first kappa shape index (κ1) is 13.2. The molecule has 0 aliphatic carbocycles. The third-order valence-electron chi connectivity index (χ3n) is 4.01. The summed E-state index contributed by atoms with van der Waals surface area (Å²) in [4.78, 5) is 0. The first-order valence-corrected chi connectivity index (χ1v) is 7.17. The Kier molecular flexibility index (Phi) is 3.24. The van der Waals surface area contributed by atoms with Crippen LogP contribution in [0, 0.1) is 0 Å². The van der Waals surface area contributed by atoms with Crippen LogP contribution in [0.1, 0.15) is 44.8 Å². The topological polar surface area (TPSA) is 38.7 Å². The smallest absolute Gasteiger partial charge is 0.126 e. The van der Waals surface area contributed by atoms with Gasteiger partial charge in [0.05, 0.1) is 18.3 Å². The zero-order valence-corrected chi connectivity index (χ0v) is 12.0. The van der Waals surface area contributed by atoms with Gasteiger partial charge in [0, 0.05) is 29.8 Å². The molecule has 3 nitrogen and oxygen atoms in total. The third kappa shape index (κ3) is 2.47. The van der Waals surface area contributed by atoms with Crippen molar-refractivity contribution in [1.29, 1.82) is 0 Å². The molecule has 0 amide bonds. The Bertz CT molecular complexity index is 478. The highest BCUT2D eigenvalue weighted by molar-refractivity contribution is 6.30. The first-order valence-electron chi connectivity index (χ1n) is 6.79. The Morgan fingerprint density at radius 3 is 2.58 bits per heavy atom. The second kappa shape index (κ2) is 4.65. The van der Waals surface area contributed by atoms with E-state index in [-0.39, 0.29) is 17.8 Å². The minimum atomic E-state index is -0.514. The largest absolute Gasteiger partial charge is 0.487 e. The van der Waals surface area contributed by atoms with Crippen LogP contribution in [0.3, 0.4) is 0 Å². The SMILES string of the molecule is CC1CC2(CC(C)O1)C[C@H](O)c1cc(Cl)ccc1O2. The monoisotopic (exact) mass is 282 g/mol. The van der Waals surface area contributed by atoms with Crippen LogP contribution in [0.25, 0.3) is 0 Å². The average molecular weight is 283 g/mol. The minimum absolute atomic E-state index is 0.157. The van der Waals surface area contributed by atoms with E-state index in [0.717, 1.165) is 24.2 Å². The van der Waals surface area contributed by atoms with Crippen LogP contribution in [-0.2, 0) is 4.74 Å². The van der Waals surface area contributed by atoms with Gasteiger partial charge in [-0.2, -0.15) is 0 Å². The summed E-state index contributed by atoms with van der Waals surface area (Å²) in [7, 11) is 0. The molecule has 104 valence electrons. The number of halogens is 1.